The quantitative estimate of drug-likeness (QED) is 0.585. The Hall–Kier alpha value is -1.12. The fourth-order valence-electron chi connectivity index (χ4n) is 4.47. The van der Waals surface area contributed by atoms with E-state index in [9.17, 15) is 9.59 Å². The monoisotopic (exact) mass is 275 g/mol. The zero-order valence-corrected chi connectivity index (χ0v) is 12.4. The van der Waals surface area contributed by atoms with Gasteiger partial charge in [0.15, 0.2) is 0 Å². The van der Waals surface area contributed by atoms with Gasteiger partial charge in [0.25, 0.3) is 0 Å². The highest BCUT2D eigenvalue weighted by molar-refractivity contribution is 5.91. The average Bonchev–Trinajstić information content (AvgIpc) is 2.50. The molecular weight excluding hydrogens is 250 g/mol. The first-order valence-electron chi connectivity index (χ1n) is 8.11. The summed E-state index contributed by atoms with van der Waals surface area (Å²) in [4.78, 5) is 26.1. The summed E-state index contributed by atoms with van der Waals surface area (Å²) < 4.78 is 0. The first kappa shape index (κ1) is 13.8. The Balaban J connectivity index is 1.79. The molecule has 0 N–H and O–H groups in total. The van der Waals surface area contributed by atoms with Gasteiger partial charge in [-0.05, 0) is 43.9 Å². The highest BCUT2D eigenvalue weighted by atomic mass is 16.2. The summed E-state index contributed by atoms with van der Waals surface area (Å²) in [7, 11) is 0. The number of amides is 2. The normalized spacial score (nSPS) is 36.9. The van der Waals surface area contributed by atoms with E-state index in [2.05, 4.69) is 19.1 Å². The number of carbonyl (C=O) groups excluding carboxylic acids is 2. The zero-order chi connectivity index (χ0) is 14.2. The number of carbonyl (C=O) groups is 2. The Labute approximate surface area is 121 Å². The van der Waals surface area contributed by atoms with Crippen molar-refractivity contribution in [1.82, 2.24) is 4.90 Å². The molecule has 0 aliphatic heterocycles. The summed E-state index contributed by atoms with van der Waals surface area (Å²) in [6.07, 6.45) is 14.0. The lowest BCUT2D eigenvalue weighted by molar-refractivity contribution is -0.153. The van der Waals surface area contributed by atoms with Gasteiger partial charge in [0.1, 0.15) is 0 Å². The molecule has 4 rings (SSSR count). The molecule has 3 nitrogen and oxygen atoms in total. The summed E-state index contributed by atoms with van der Waals surface area (Å²) in [5.41, 5.74) is -0.351. The molecule has 3 unspecified atom stereocenters. The van der Waals surface area contributed by atoms with E-state index in [0.29, 0.717) is 11.8 Å². The maximum atomic E-state index is 13.0. The minimum atomic E-state index is -0.351. The lowest BCUT2D eigenvalue weighted by Gasteiger charge is -2.47. The highest BCUT2D eigenvalue weighted by Gasteiger charge is 2.49. The predicted octanol–water partition coefficient (Wildman–Crippen LogP) is 3.30. The molecule has 20 heavy (non-hydrogen) atoms. The van der Waals surface area contributed by atoms with E-state index in [1.807, 2.05) is 0 Å². The van der Waals surface area contributed by atoms with E-state index in [0.717, 1.165) is 44.9 Å². The third-order valence-electron chi connectivity index (χ3n) is 5.77. The number of nitrogens with zero attached hydrogens (tertiary/aromatic N) is 1. The summed E-state index contributed by atoms with van der Waals surface area (Å²) in [6, 6.07) is 0.148. The van der Waals surface area contributed by atoms with Crippen LogP contribution in [0.2, 0.25) is 0 Å². The van der Waals surface area contributed by atoms with Gasteiger partial charge in [-0.15, -0.1) is 0 Å². The molecular formula is C17H25NO2. The van der Waals surface area contributed by atoms with E-state index >= 15 is 0 Å². The van der Waals surface area contributed by atoms with Gasteiger partial charge in [0, 0.05) is 6.04 Å². The largest absolute Gasteiger partial charge is 0.282 e. The molecule has 0 radical (unpaired) electrons. The topological polar surface area (TPSA) is 37.4 Å². The van der Waals surface area contributed by atoms with Gasteiger partial charge in [0.2, 0.25) is 12.3 Å². The molecule has 0 heterocycles. The molecule has 0 aromatic heterocycles. The number of imide groups is 1. The zero-order valence-electron chi connectivity index (χ0n) is 12.4. The molecule has 2 fully saturated rings. The van der Waals surface area contributed by atoms with E-state index in [-0.39, 0.29) is 17.4 Å². The summed E-state index contributed by atoms with van der Waals surface area (Å²) >= 11 is 0. The van der Waals surface area contributed by atoms with E-state index in [1.54, 1.807) is 4.90 Å². The van der Waals surface area contributed by atoms with Crippen LogP contribution >= 0.6 is 0 Å². The molecule has 0 aromatic rings. The molecule has 2 amide bonds. The molecule has 2 saturated carbocycles. The molecule has 3 atom stereocenters. The second kappa shape index (κ2) is 5.34. The van der Waals surface area contributed by atoms with Crippen molar-refractivity contribution in [2.24, 2.45) is 17.3 Å². The molecule has 4 aliphatic carbocycles. The van der Waals surface area contributed by atoms with E-state index < -0.39 is 0 Å². The van der Waals surface area contributed by atoms with Crippen LogP contribution in [0.4, 0.5) is 0 Å². The summed E-state index contributed by atoms with van der Waals surface area (Å²) in [5, 5.41) is 0. The Kier molecular flexibility index (Phi) is 3.70. The highest BCUT2D eigenvalue weighted by Crippen LogP contribution is 2.50. The van der Waals surface area contributed by atoms with Crippen LogP contribution in [0.3, 0.4) is 0 Å². The minimum Gasteiger partial charge on any atom is -0.282 e. The van der Waals surface area contributed by atoms with Gasteiger partial charge in [-0.1, -0.05) is 38.3 Å². The summed E-state index contributed by atoms with van der Waals surface area (Å²) in [6.45, 7) is 2.08. The smallest absolute Gasteiger partial charge is 0.235 e. The minimum absolute atomic E-state index is 0.0819. The Morgan fingerprint density at radius 2 is 1.90 bits per heavy atom. The molecule has 0 aromatic carbocycles. The van der Waals surface area contributed by atoms with Crippen molar-refractivity contribution in [3.05, 3.63) is 12.2 Å². The van der Waals surface area contributed by atoms with Gasteiger partial charge in [-0.25, -0.2) is 0 Å². The molecule has 110 valence electrons. The fourth-order valence-corrected chi connectivity index (χ4v) is 4.47. The maximum absolute atomic E-state index is 13.0. The number of hydrogen-bond donors (Lipinski definition) is 0. The van der Waals surface area contributed by atoms with Crippen LogP contribution in [-0.2, 0) is 9.59 Å². The standard InChI is InChI=1S/C17H25NO2/c1-17(11-13-7-9-14(17)10-8-13)16(20)18(12-19)15-5-3-2-4-6-15/h7,9,12-15H,2-6,8,10-11H2,1H3. The van der Waals surface area contributed by atoms with Gasteiger partial charge in [0.05, 0.1) is 5.41 Å². The van der Waals surface area contributed by atoms with Crippen molar-refractivity contribution in [2.75, 3.05) is 0 Å². The van der Waals surface area contributed by atoms with Crippen LogP contribution in [0.25, 0.3) is 0 Å². The van der Waals surface area contributed by atoms with Crippen molar-refractivity contribution in [2.45, 2.75) is 64.3 Å². The van der Waals surface area contributed by atoms with Crippen LogP contribution in [0, 0.1) is 17.3 Å². The van der Waals surface area contributed by atoms with E-state index in [1.165, 1.54) is 12.8 Å². The first-order chi connectivity index (χ1) is 9.65. The SMILES string of the molecule is CC1(C(=O)N(C=O)C2CCCCC2)CC2C=CC1CC2. The van der Waals surface area contributed by atoms with Crippen molar-refractivity contribution in [3.63, 3.8) is 0 Å². The van der Waals surface area contributed by atoms with E-state index in [4.69, 9.17) is 0 Å². The molecule has 2 bridgehead atoms. The third-order valence-corrected chi connectivity index (χ3v) is 5.77. The van der Waals surface area contributed by atoms with Crippen molar-refractivity contribution >= 4 is 12.3 Å². The van der Waals surface area contributed by atoms with Gasteiger partial charge in [-0.2, -0.15) is 0 Å². The molecule has 4 aliphatic rings. The molecule has 0 saturated heterocycles. The molecule has 3 heteroatoms. The number of rotatable bonds is 3. The first-order valence-corrected chi connectivity index (χ1v) is 8.11. The lowest BCUT2D eigenvalue weighted by atomic mass is 9.59. The Morgan fingerprint density at radius 3 is 2.40 bits per heavy atom. The van der Waals surface area contributed by atoms with Crippen molar-refractivity contribution in [3.8, 4) is 0 Å². The van der Waals surface area contributed by atoms with Crippen LogP contribution in [0.15, 0.2) is 12.2 Å². The van der Waals surface area contributed by atoms with Crippen LogP contribution in [0.5, 0.6) is 0 Å². The summed E-state index contributed by atoms with van der Waals surface area (Å²) in [5.74, 6) is 0.943. The number of fused-ring (bicyclic) bond motifs is 2. The van der Waals surface area contributed by atoms with Gasteiger partial charge < -0.3 is 0 Å². The maximum Gasteiger partial charge on any atom is 0.235 e. The van der Waals surface area contributed by atoms with Crippen molar-refractivity contribution in [1.29, 1.82) is 0 Å². The fraction of sp³-hybridized carbons (Fsp3) is 0.765. The lowest BCUT2D eigenvalue weighted by Crippen LogP contribution is -2.53. The van der Waals surface area contributed by atoms with Crippen LogP contribution in [0.1, 0.15) is 58.3 Å². The predicted molar refractivity (Wildman–Crippen MR) is 77.9 cm³/mol. The van der Waals surface area contributed by atoms with Crippen LogP contribution in [-0.4, -0.2) is 23.3 Å². The number of hydrogen-bond acceptors (Lipinski definition) is 2. The molecule has 0 spiro atoms. The van der Waals surface area contributed by atoms with Crippen molar-refractivity contribution < 1.29 is 9.59 Å². The Morgan fingerprint density at radius 1 is 1.15 bits per heavy atom. The Bertz CT molecular complexity index is 425. The second-order valence-corrected chi connectivity index (χ2v) is 7.06. The number of allylic oxidation sites excluding steroid dienone is 2. The average molecular weight is 275 g/mol. The second-order valence-electron chi connectivity index (χ2n) is 7.06. The third kappa shape index (κ3) is 2.21. The van der Waals surface area contributed by atoms with Gasteiger partial charge in [-0.3, -0.25) is 14.5 Å². The van der Waals surface area contributed by atoms with Gasteiger partial charge >= 0.3 is 0 Å². The van der Waals surface area contributed by atoms with Crippen LogP contribution < -0.4 is 0 Å².